The van der Waals surface area contributed by atoms with Crippen LogP contribution in [-0.2, 0) is 14.8 Å². The lowest BCUT2D eigenvalue weighted by Gasteiger charge is -2.34. The third-order valence-electron chi connectivity index (χ3n) is 8.38. The van der Waals surface area contributed by atoms with Gasteiger partial charge in [0.25, 0.3) is 0 Å². The first-order valence-corrected chi connectivity index (χ1v) is 18.6. The molecule has 1 fully saturated rings. The summed E-state index contributed by atoms with van der Waals surface area (Å²) in [5.74, 6) is 2.38. The molecular weight excluding hydrogens is 694 g/mol. The lowest BCUT2D eigenvalue weighted by Crippen LogP contribution is -2.50. The molecule has 1 aliphatic heterocycles. The van der Waals surface area contributed by atoms with Crippen LogP contribution in [0.1, 0.15) is 0 Å². The Kier molecular flexibility index (Phi) is 9.77. The largest absolute Gasteiger partial charge is 0.496 e. The zero-order valence-electron chi connectivity index (χ0n) is 27.0. The van der Waals surface area contributed by atoms with Crippen LogP contribution in [0.15, 0.2) is 125 Å². The van der Waals surface area contributed by atoms with Gasteiger partial charge in [0.15, 0.2) is 11.0 Å². The number of piperazine rings is 1. The zero-order chi connectivity index (χ0) is 34.7. The fourth-order valence-corrected chi connectivity index (χ4v) is 8.27. The van der Waals surface area contributed by atoms with Crippen LogP contribution in [0.2, 0.25) is 5.02 Å². The molecular formula is C37H32ClN5O5S2. The molecule has 254 valence electrons. The minimum absolute atomic E-state index is 0.0808. The van der Waals surface area contributed by atoms with Crippen molar-refractivity contribution in [1.29, 1.82) is 0 Å². The number of hydrogen-bond donors (Lipinski definition) is 0. The van der Waals surface area contributed by atoms with Crippen LogP contribution in [0.4, 0.5) is 0 Å². The van der Waals surface area contributed by atoms with Crippen LogP contribution < -0.4 is 9.47 Å². The van der Waals surface area contributed by atoms with Gasteiger partial charge in [0.1, 0.15) is 17.2 Å². The van der Waals surface area contributed by atoms with E-state index >= 15 is 0 Å². The number of rotatable bonds is 10. The highest BCUT2D eigenvalue weighted by Crippen LogP contribution is 2.36. The summed E-state index contributed by atoms with van der Waals surface area (Å²) in [6, 6.07) is 35.1. The highest BCUT2D eigenvalue weighted by Gasteiger charge is 2.31. The molecule has 13 heteroatoms. The molecule has 1 aromatic heterocycles. The van der Waals surface area contributed by atoms with E-state index in [2.05, 4.69) is 10.2 Å². The van der Waals surface area contributed by atoms with Crippen LogP contribution in [0.25, 0.3) is 27.8 Å². The summed E-state index contributed by atoms with van der Waals surface area (Å²) in [5.41, 5.74) is 1.38. The SMILES string of the molecule is COc1ccc(Cl)cc1-c1nnc(SCC(=O)N2CCN(S(=O)(=O)c3ccc4ccccc4c3)CC2)n1-c1ccc(Oc2ccccc2)cc1. The fraction of sp³-hybridized carbons (Fsp3) is 0.162. The fourth-order valence-electron chi connectivity index (χ4n) is 5.79. The van der Waals surface area contributed by atoms with Gasteiger partial charge in [-0.1, -0.05) is 71.9 Å². The van der Waals surface area contributed by atoms with Gasteiger partial charge in [-0.2, -0.15) is 4.31 Å². The van der Waals surface area contributed by atoms with E-state index in [0.29, 0.717) is 33.1 Å². The molecule has 50 heavy (non-hydrogen) atoms. The number of methoxy groups -OCH3 is 1. The van der Waals surface area contributed by atoms with Crippen molar-refractivity contribution in [2.24, 2.45) is 0 Å². The molecule has 0 saturated carbocycles. The van der Waals surface area contributed by atoms with Gasteiger partial charge in [0.2, 0.25) is 15.9 Å². The summed E-state index contributed by atoms with van der Waals surface area (Å²) in [6.07, 6.45) is 0. The van der Waals surface area contributed by atoms with Crippen LogP contribution in [0, 0.1) is 0 Å². The predicted octanol–water partition coefficient (Wildman–Crippen LogP) is 7.17. The predicted molar refractivity (Wildman–Crippen MR) is 195 cm³/mol. The first kappa shape index (κ1) is 33.6. The second-order valence-corrected chi connectivity index (χ2v) is 14.8. The summed E-state index contributed by atoms with van der Waals surface area (Å²) < 4.78 is 41.8. The molecule has 2 heterocycles. The van der Waals surface area contributed by atoms with E-state index in [9.17, 15) is 13.2 Å². The van der Waals surface area contributed by atoms with Crippen LogP contribution in [0.5, 0.6) is 17.2 Å². The molecule has 0 aliphatic carbocycles. The number of nitrogens with zero attached hydrogens (tertiary/aromatic N) is 5. The van der Waals surface area contributed by atoms with Crippen molar-refractivity contribution in [2.75, 3.05) is 39.0 Å². The maximum absolute atomic E-state index is 13.5. The highest BCUT2D eigenvalue weighted by molar-refractivity contribution is 7.99. The number of halogens is 1. The monoisotopic (exact) mass is 725 g/mol. The molecule has 1 amide bonds. The molecule has 0 unspecified atom stereocenters. The highest BCUT2D eigenvalue weighted by atomic mass is 35.5. The van der Waals surface area contributed by atoms with Crippen molar-refractivity contribution in [3.8, 4) is 34.3 Å². The van der Waals surface area contributed by atoms with Crippen molar-refractivity contribution in [3.63, 3.8) is 0 Å². The summed E-state index contributed by atoms with van der Waals surface area (Å²) in [6.45, 7) is 0.981. The summed E-state index contributed by atoms with van der Waals surface area (Å²) in [7, 11) is -2.13. The number of carbonyl (C=O) groups is 1. The van der Waals surface area contributed by atoms with E-state index in [4.69, 9.17) is 21.1 Å². The molecule has 10 nitrogen and oxygen atoms in total. The van der Waals surface area contributed by atoms with Crippen molar-refractivity contribution >= 4 is 50.1 Å². The van der Waals surface area contributed by atoms with Gasteiger partial charge in [-0.05, 0) is 77.5 Å². The van der Waals surface area contributed by atoms with E-state index in [1.165, 1.54) is 16.1 Å². The van der Waals surface area contributed by atoms with Gasteiger partial charge in [-0.3, -0.25) is 9.36 Å². The maximum atomic E-state index is 13.5. The molecule has 0 spiro atoms. The van der Waals surface area contributed by atoms with Crippen molar-refractivity contribution < 1.29 is 22.7 Å². The van der Waals surface area contributed by atoms with Gasteiger partial charge in [-0.25, -0.2) is 8.42 Å². The number of hydrogen-bond acceptors (Lipinski definition) is 8. The van der Waals surface area contributed by atoms with Gasteiger partial charge in [0, 0.05) is 31.2 Å². The Hall–Kier alpha value is -4.88. The molecule has 5 aromatic carbocycles. The second-order valence-electron chi connectivity index (χ2n) is 11.5. The normalized spacial score (nSPS) is 13.8. The quantitative estimate of drug-likeness (QED) is 0.137. The molecule has 6 aromatic rings. The second kappa shape index (κ2) is 14.5. The topological polar surface area (TPSA) is 107 Å². The number of aromatic nitrogens is 3. The van der Waals surface area contributed by atoms with E-state index < -0.39 is 10.0 Å². The molecule has 1 aliphatic rings. The summed E-state index contributed by atoms with van der Waals surface area (Å²) in [4.78, 5) is 15.4. The number of sulfonamides is 1. The van der Waals surface area contributed by atoms with Crippen LogP contribution >= 0.6 is 23.4 Å². The third kappa shape index (κ3) is 7.06. The maximum Gasteiger partial charge on any atom is 0.243 e. The first-order valence-electron chi connectivity index (χ1n) is 15.8. The van der Waals surface area contributed by atoms with Crippen molar-refractivity contribution in [1.82, 2.24) is 24.0 Å². The molecule has 0 radical (unpaired) electrons. The zero-order valence-corrected chi connectivity index (χ0v) is 29.4. The Morgan fingerprint density at radius 3 is 2.24 bits per heavy atom. The summed E-state index contributed by atoms with van der Waals surface area (Å²) >= 11 is 7.63. The van der Waals surface area contributed by atoms with E-state index in [-0.39, 0.29) is 42.7 Å². The van der Waals surface area contributed by atoms with Gasteiger partial charge in [0.05, 0.1) is 29.0 Å². The summed E-state index contributed by atoms with van der Waals surface area (Å²) in [5, 5.41) is 11.8. The van der Waals surface area contributed by atoms with Crippen molar-refractivity contribution in [2.45, 2.75) is 10.1 Å². The molecule has 1 saturated heterocycles. The van der Waals surface area contributed by atoms with Crippen molar-refractivity contribution in [3.05, 3.63) is 120 Å². The Balaban J connectivity index is 1.08. The third-order valence-corrected chi connectivity index (χ3v) is 11.4. The standard InChI is InChI=1S/C37H32ClN5O5S2/c1-47-34-18-12-28(38)24-33(34)36-39-40-37(43(36)29-13-15-31(16-14-29)48-30-9-3-2-4-10-30)49-25-35(44)41-19-21-42(22-20-41)50(45,46)32-17-11-26-7-5-6-8-27(26)23-32/h2-18,23-24H,19-22,25H2,1H3. The van der Waals surface area contributed by atoms with Gasteiger partial charge < -0.3 is 14.4 Å². The Bertz CT molecular complexity index is 2260. The number of para-hydroxylation sites is 1. The number of fused-ring (bicyclic) bond motifs is 1. The minimum atomic E-state index is -3.71. The average Bonchev–Trinajstić information content (AvgIpc) is 3.58. The smallest absolute Gasteiger partial charge is 0.243 e. The van der Waals surface area contributed by atoms with E-state index in [0.717, 1.165) is 22.2 Å². The van der Waals surface area contributed by atoms with Crippen LogP contribution in [0.3, 0.4) is 0 Å². The number of amides is 1. The number of thioether (sulfide) groups is 1. The van der Waals surface area contributed by atoms with E-state index in [1.54, 1.807) is 42.3 Å². The number of carbonyl (C=O) groups excluding carboxylic acids is 1. The van der Waals surface area contributed by atoms with E-state index in [1.807, 2.05) is 89.5 Å². The lowest BCUT2D eigenvalue weighted by molar-refractivity contribution is -0.129. The van der Waals surface area contributed by atoms with Gasteiger partial charge >= 0.3 is 0 Å². The minimum Gasteiger partial charge on any atom is -0.496 e. The molecule has 7 rings (SSSR count). The molecule has 0 atom stereocenters. The van der Waals surface area contributed by atoms with Crippen LogP contribution in [-0.4, -0.2) is 77.3 Å². The van der Waals surface area contributed by atoms with Gasteiger partial charge in [-0.15, -0.1) is 10.2 Å². The molecule has 0 bridgehead atoms. The Morgan fingerprint density at radius 2 is 1.50 bits per heavy atom. The molecule has 0 N–H and O–H groups in total. The average molecular weight is 726 g/mol. The Labute approximate surface area is 299 Å². The number of ether oxygens (including phenoxy) is 2. The first-order chi connectivity index (χ1) is 24.3. The lowest BCUT2D eigenvalue weighted by atomic mass is 10.1. The number of benzene rings is 5. The Morgan fingerprint density at radius 1 is 0.800 bits per heavy atom.